The number of pyridine rings is 1. The number of amides is 1. The van der Waals surface area contributed by atoms with Crippen LogP contribution in [0.3, 0.4) is 0 Å². The zero-order valence-electron chi connectivity index (χ0n) is 10.4. The van der Waals surface area contributed by atoms with E-state index >= 15 is 0 Å². The van der Waals surface area contributed by atoms with Gasteiger partial charge in [-0.25, -0.2) is 4.98 Å². The Balaban J connectivity index is 1.76. The van der Waals surface area contributed by atoms with Crippen molar-refractivity contribution in [2.24, 2.45) is 0 Å². The molecule has 1 saturated carbocycles. The maximum absolute atomic E-state index is 12.1. The molecule has 1 aliphatic carbocycles. The van der Waals surface area contributed by atoms with Gasteiger partial charge >= 0.3 is 0 Å². The molecular weight excluding hydrogens is 264 g/mol. The van der Waals surface area contributed by atoms with Gasteiger partial charge in [0.15, 0.2) is 5.82 Å². The molecule has 6 heteroatoms. The second-order valence-electron chi connectivity index (χ2n) is 4.73. The van der Waals surface area contributed by atoms with Crippen LogP contribution in [0.2, 0.25) is 5.15 Å². The number of aryl methyl sites for hydroxylation is 1. The van der Waals surface area contributed by atoms with Crippen molar-refractivity contribution in [2.75, 3.05) is 5.32 Å². The maximum atomic E-state index is 12.1. The normalized spacial score (nSPS) is 14.4. The Labute approximate surface area is 115 Å². The van der Waals surface area contributed by atoms with Gasteiger partial charge in [0.1, 0.15) is 5.15 Å². The zero-order chi connectivity index (χ0) is 13.4. The molecule has 1 fully saturated rings. The average Bonchev–Trinajstić information content (AvgIpc) is 3.10. The Kier molecular flexibility index (Phi) is 2.98. The third-order valence-corrected chi connectivity index (χ3v) is 3.38. The smallest absolute Gasteiger partial charge is 0.259 e. The number of rotatable bonds is 3. The molecule has 0 aromatic carbocycles. The lowest BCUT2D eigenvalue weighted by Crippen LogP contribution is -2.13. The van der Waals surface area contributed by atoms with E-state index in [1.54, 1.807) is 12.1 Å². The number of nitrogens with one attached hydrogen (secondary N) is 2. The van der Waals surface area contributed by atoms with E-state index in [0.717, 1.165) is 11.4 Å². The van der Waals surface area contributed by atoms with Gasteiger partial charge in [-0.3, -0.25) is 9.89 Å². The van der Waals surface area contributed by atoms with Crippen molar-refractivity contribution in [1.29, 1.82) is 0 Å². The number of H-pyrrole nitrogens is 1. The lowest BCUT2D eigenvalue weighted by atomic mass is 10.2. The molecule has 0 radical (unpaired) electrons. The summed E-state index contributed by atoms with van der Waals surface area (Å²) in [5.74, 6) is 0.790. The van der Waals surface area contributed by atoms with Crippen LogP contribution in [0.1, 0.15) is 40.5 Å². The molecule has 19 heavy (non-hydrogen) atoms. The number of nitrogens with zero attached hydrogens (tertiary/aromatic N) is 2. The molecule has 1 aliphatic rings. The largest absolute Gasteiger partial charge is 0.305 e. The molecule has 0 unspecified atom stereocenters. The van der Waals surface area contributed by atoms with E-state index in [0.29, 0.717) is 17.3 Å². The predicted octanol–water partition coefficient (Wildman–Crippen LogP) is 2.90. The minimum absolute atomic E-state index is 0.204. The van der Waals surface area contributed by atoms with Gasteiger partial charge in [0, 0.05) is 23.4 Å². The molecule has 0 saturated heterocycles. The number of anilines is 1. The SMILES string of the molecule is Cc1ccc(C(=O)Nc2cc(C3CC3)[nH]n2)c(Cl)n1. The summed E-state index contributed by atoms with van der Waals surface area (Å²) in [6.07, 6.45) is 2.37. The molecule has 0 aliphatic heterocycles. The minimum atomic E-state index is -0.300. The van der Waals surface area contributed by atoms with Crippen LogP contribution in [0.5, 0.6) is 0 Å². The van der Waals surface area contributed by atoms with Crippen LogP contribution in [-0.2, 0) is 0 Å². The van der Waals surface area contributed by atoms with Crippen LogP contribution in [0.15, 0.2) is 18.2 Å². The van der Waals surface area contributed by atoms with Gasteiger partial charge < -0.3 is 5.32 Å². The van der Waals surface area contributed by atoms with Gasteiger partial charge in [-0.1, -0.05) is 11.6 Å². The van der Waals surface area contributed by atoms with Crippen LogP contribution < -0.4 is 5.32 Å². The Morgan fingerprint density at radius 2 is 2.26 bits per heavy atom. The quantitative estimate of drug-likeness (QED) is 0.847. The van der Waals surface area contributed by atoms with E-state index < -0.39 is 0 Å². The van der Waals surface area contributed by atoms with Crippen LogP contribution in [0.25, 0.3) is 0 Å². The van der Waals surface area contributed by atoms with Gasteiger partial charge in [0.2, 0.25) is 0 Å². The summed E-state index contributed by atoms with van der Waals surface area (Å²) >= 11 is 5.96. The van der Waals surface area contributed by atoms with E-state index in [-0.39, 0.29) is 11.1 Å². The number of hydrogen-bond acceptors (Lipinski definition) is 3. The highest BCUT2D eigenvalue weighted by Gasteiger charge is 2.25. The molecule has 0 spiro atoms. The van der Waals surface area contributed by atoms with Crippen molar-refractivity contribution >= 4 is 23.3 Å². The summed E-state index contributed by atoms with van der Waals surface area (Å²) in [6.45, 7) is 1.82. The van der Waals surface area contributed by atoms with Gasteiger partial charge in [-0.05, 0) is 31.9 Å². The second-order valence-corrected chi connectivity index (χ2v) is 5.09. The molecule has 1 amide bonds. The molecule has 2 aromatic rings. The monoisotopic (exact) mass is 276 g/mol. The lowest BCUT2D eigenvalue weighted by molar-refractivity contribution is 0.102. The first-order valence-electron chi connectivity index (χ1n) is 6.13. The zero-order valence-corrected chi connectivity index (χ0v) is 11.2. The Hall–Kier alpha value is -1.88. The fraction of sp³-hybridized carbons (Fsp3) is 0.308. The van der Waals surface area contributed by atoms with Crippen LogP contribution in [0.4, 0.5) is 5.82 Å². The van der Waals surface area contributed by atoms with Crippen molar-refractivity contribution in [3.8, 4) is 0 Å². The highest BCUT2D eigenvalue weighted by atomic mass is 35.5. The van der Waals surface area contributed by atoms with Crippen LogP contribution in [0, 0.1) is 6.92 Å². The molecule has 0 bridgehead atoms. The van der Waals surface area contributed by atoms with Crippen molar-refractivity contribution in [2.45, 2.75) is 25.7 Å². The number of aromatic amines is 1. The van der Waals surface area contributed by atoms with Crippen molar-refractivity contribution < 1.29 is 4.79 Å². The third-order valence-electron chi connectivity index (χ3n) is 3.09. The van der Waals surface area contributed by atoms with Crippen molar-refractivity contribution in [3.63, 3.8) is 0 Å². The number of halogens is 1. The lowest BCUT2D eigenvalue weighted by Gasteiger charge is -2.04. The molecule has 3 rings (SSSR count). The third kappa shape index (κ3) is 2.61. The molecule has 2 aromatic heterocycles. The first kappa shape index (κ1) is 12.2. The van der Waals surface area contributed by atoms with Crippen LogP contribution in [-0.4, -0.2) is 21.1 Å². The van der Waals surface area contributed by atoms with E-state index in [1.165, 1.54) is 12.8 Å². The molecule has 5 nitrogen and oxygen atoms in total. The van der Waals surface area contributed by atoms with Crippen molar-refractivity contribution in [3.05, 3.63) is 40.3 Å². The fourth-order valence-electron chi connectivity index (χ4n) is 1.88. The summed E-state index contributed by atoms with van der Waals surface area (Å²) in [5, 5.41) is 9.92. The Morgan fingerprint density at radius 1 is 1.47 bits per heavy atom. The molecule has 2 heterocycles. The summed E-state index contributed by atoms with van der Waals surface area (Å²) in [6, 6.07) is 5.28. The molecule has 2 N–H and O–H groups in total. The first-order valence-corrected chi connectivity index (χ1v) is 6.51. The number of hydrogen-bond donors (Lipinski definition) is 2. The van der Waals surface area contributed by atoms with Gasteiger partial charge in [-0.15, -0.1) is 0 Å². The average molecular weight is 277 g/mol. The maximum Gasteiger partial charge on any atom is 0.259 e. The van der Waals surface area contributed by atoms with Gasteiger partial charge in [0.25, 0.3) is 5.91 Å². The van der Waals surface area contributed by atoms with E-state index in [9.17, 15) is 4.79 Å². The second kappa shape index (κ2) is 4.66. The number of aromatic nitrogens is 3. The van der Waals surface area contributed by atoms with E-state index in [1.807, 2.05) is 13.0 Å². The van der Waals surface area contributed by atoms with Gasteiger partial charge in [-0.2, -0.15) is 5.10 Å². The number of carbonyl (C=O) groups excluding carboxylic acids is 1. The minimum Gasteiger partial charge on any atom is -0.305 e. The summed E-state index contributed by atoms with van der Waals surface area (Å²) in [4.78, 5) is 16.1. The summed E-state index contributed by atoms with van der Waals surface area (Å²) < 4.78 is 0. The van der Waals surface area contributed by atoms with Crippen LogP contribution >= 0.6 is 11.6 Å². The van der Waals surface area contributed by atoms with Crippen molar-refractivity contribution in [1.82, 2.24) is 15.2 Å². The molecule has 0 atom stereocenters. The van der Waals surface area contributed by atoms with E-state index in [4.69, 9.17) is 11.6 Å². The fourth-order valence-corrected chi connectivity index (χ4v) is 2.16. The number of carbonyl (C=O) groups is 1. The molecule has 98 valence electrons. The highest BCUT2D eigenvalue weighted by Crippen LogP contribution is 2.39. The highest BCUT2D eigenvalue weighted by molar-refractivity contribution is 6.33. The topological polar surface area (TPSA) is 70.7 Å². The predicted molar refractivity (Wildman–Crippen MR) is 72.5 cm³/mol. The Morgan fingerprint density at radius 3 is 2.95 bits per heavy atom. The molecular formula is C13H13ClN4O. The van der Waals surface area contributed by atoms with Gasteiger partial charge in [0.05, 0.1) is 5.56 Å². The Bertz CT molecular complexity index is 633. The summed E-state index contributed by atoms with van der Waals surface area (Å²) in [7, 11) is 0. The summed E-state index contributed by atoms with van der Waals surface area (Å²) in [5.41, 5.74) is 2.20. The van der Waals surface area contributed by atoms with E-state index in [2.05, 4.69) is 20.5 Å². The first-order chi connectivity index (χ1) is 9.13. The standard InChI is InChI=1S/C13H13ClN4O/c1-7-2-5-9(12(14)15-7)13(19)16-11-6-10(17-18-11)8-3-4-8/h2,5-6,8H,3-4H2,1H3,(H2,16,17,18,19).